The van der Waals surface area contributed by atoms with Gasteiger partial charge in [0.25, 0.3) is 0 Å². The molecule has 4 heteroatoms. The first-order valence-electron chi connectivity index (χ1n) is 5.30. The molecule has 0 aromatic heterocycles. The highest BCUT2D eigenvalue weighted by atomic mass is 16.5. The maximum absolute atomic E-state index is 11.8. The standard InChI is InChI=1S/C10H20N2O2/c1-3-10(11,4-2)9(13)12-8-5-6-14-7-8/h8H,3-7,11H2,1-2H3,(H,12,13). The van der Waals surface area contributed by atoms with Gasteiger partial charge in [0.2, 0.25) is 5.91 Å². The van der Waals surface area contributed by atoms with Crippen molar-refractivity contribution >= 4 is 5.91 Å². The van der Waals surface area contributed by atoms with Crippen LogP contribution in [0.25, 0.3) is 0 Å². The third-order valence-electron chi connectivity index (χ3n) is 2.98. The topological polar surface area (TPSA) is 64.4 Å². The number of amides is 1. The Morgan fingerprint density at radius 3 is 2.64 bits per heavy atom. The fourth-order valence-corrected chi connectivity index (χ4v) is 1.55. The molecule has 1 rings (SSSR count). The summed E-state index contributed by atoms with van der Waals surface area (Å²) in [4.78, 5) is 11.8. The van der Waals surface area contributed by atoms with Crippen LogP contribution in [0.4, 0.5) is 0 Å². The zero-order chi connectivity index (χ0) is 10.6. The molecule has 0 aromatic carbocycles. The lowest BCUT2D eigenvalue weighted by Gasteiger charge is -2.26. The molecule has 1 aliphatic heterocycles. The molecule has 1 atom stereocenters. The second-order valence-corrected chi connectivity index (χ2v) is 3.90. The predicted octanol–water partition coefficient (Wildman–Crippen LogP) is 0.409. The normalized spacial score (nSPS) is 22.4. The Balaban J connectivity index is 2.46. The Labute approximate surface area is 85.2 Å². The van der Waals surface area contributed by atoms with Crippen LogP contribution in [0.5, 0.6) is 0 Å². The molecule has 4 nitrogen and oxygen atoms in total. The van der Waals surface area contributed by atoms with Crippen LogP contribution in [0.2, 0.25) is 0 Å². The summed E-state index contributed by atoms with van der Waals surface area (Å²) in [6.07, 6.45) is 2.24. The highest BCUT2D eigenvalue weighted by Gasteiger charge is 2.32. The van der Waals surface area contributed by atoms with Crippen molar-refractivity contribution in [3.05, 3.63) is 0 Å². The summed E-state index contributed by atoms with van der Waals surface area (Å²) >= 11 is 0. The van der Waals surface area contributed by atoms with Gasteiger partial charge in [-0.15, -0.1) is 0 Å². The van der Waals surface area contributed by atoms with E-state index < -0.39 is 5.54 Å². The molecule has 82 valence electrons. The van der Waals surface area contributed by atoms with Gasteiger partial charge in [-0.3, -0.25) is 4.79 Å². The van der Waals surface area contributed by atoms with E-state index in [0.717, 1.165) is 13.0 Å². The van der Waals surface area contributed by atoms with Crippen molar-refractivity contribution in [1.29, 1.82) is 0 Å². The first kappa shape index (κ1) is 11.5. The lowest BCUT2D eigenvalue weighted by atomic mass is 9.93. The smallest absolute Gasteiger partial charge is 0.240 e. The van der Waals surface area contributed by atoms with Gasteiger partial charge >= 0.3 is 0 Å². The quantitative estimate of drug-likeness (QED) is 0.691. The molecule has 14 heavy (non-hydrogen) atoms. The monoisotopic (exact) mass is 200 g/mol. The molecule has 1 fully saturated rings. The van der Waals surface area contributed by atoms with Crippen LogP contribution in [-0.2, 0) is 9.53 Å². The zero-order valence-corrected chi connectivity index (χ0v) is 9.01. The van der Waals surface area contributed by atoms with Gasteiger partial charge in [-0.05, 0) is 19.3 Å². The minimum Gasteiger partial charge on any atom is -0.379 e. The Bertz CT molecular complexity index is 196. The molecule has 1 amide bonds. The molecule has 0 saturated carbocycles. The summed E-state index contributed by atoms with van der Waals surface area (Å²) in [6.45, 7) is 5.23. The van der Waals surface area contributed by atoms with Gasteiger partial charge in [0.05, 0.1) is 18.2 Å². The first-order valence-corrected chi connectivity index (χ1v) is 5.30. The zero-order valence-electron chi connectivity index (χ0n) is 9.01. The van der Waals surface area contributed by atoms with Crippen LogP contribution in [0, 0.1) is 0 Å². The summed E-state index contributed by atoms with van der Waals surface area (Å²) in [5.74, 6) is -0.0435. The van der Waals surface area contributed by atoms with Crippen LogP contribution in [0.1, 0.15) is 33.1 Å². The fraction of sp³-hybridized carbons (Fsp3) is 0.900. The Morgan fingerprint density at radius 2 is 2.21 bits per heavy atom. The van der Waals surface area contributed by atoms with Gasteiger partial charge in [-0.1, -0.05) is 13.8 Å². The second kappa shape index (κ2) is 4.75. The van der Waals surface area contributed by atoms with E-state index in [1.807, 2.05) is 13.8 Å². The van der Waals surface area contributed by atoms with E-state index in [0.29, 0.717) is 19.4 Å². The molecule has 1 aliphatic rings. The minimum atomic E-state index is -0.706. The van der Waals surface area contributed by atoms with E-state index in [2.05, 4.69) is 5.32 Å². The number of nitrogens with one attached hydrogen (secondary N) is 1. The Morgan fingerprint density at radius 1 is 1.57 bits per heavy atom. The van der Waals surface area contributed by atoms with Gasteiger partial charge in [-0.2, -0.15) is 0 Å². The summed E-state index contributed by atoms with van der Waals surface area (Å²) in [6, 6.07) is 0.156. The number of hydrogen-bond acceptors (Lipinski definition) is 3. The molecule has 0 spiro atoms. The molecule has 0 bridgehead atoms. The molecule has 0 radical (unpaired) electrons. The van der Waals surface area contributed by atoms with Crippen LogP contribution >= 0.6 is 0 Å². The van der Waals surface area contributed by atoms with Crippen molar-refractivity contribution in [3.8, 4) is 0 Å². The Hall–Kier alpha value is -0.610. The molecule has 0 aromatic rings. The van der Waals surface area contributed by atoms with Crippen molar-refractivity contribution in [1.82, 2.24) is 5.32 Å². The van der Waals surface area contributed by atoms with Gasteiger partial charge < -0.3 is 15.8 Å². The van der Waals surface area contributed by atoms with E-state index >= 15 is 0 Å². The predicted molar refractivity (Wildman–Crippen MR) is 54.9 cm³/mol. The number of hydrogen-bond donors (Lipinski definition) is 2. The van der Waals surface area contributed by atoms with E-state index in [-0.39, 0.29) is 11.9 Å². The Kier molecular flexibility index (Phi) is 3.89. The maximum atomic E-state index is 11.8. The van der Waals surface area contributed by atoms with Gasteiger partial charge in [0, 0.05) is 6.61 Å². The average molecular weight is 200 g/mol. The molecule has 1 saturated heterocycles. The van der Waals surface area contributed by atoms with Gasteiger partial charge in [0.15, 0.2) is 0 Å². The number of carbonyl (C=O) groups excluding carboxylic acids is 1. The largest absolute Gasteiger partial charge is 0.379 e. The number of rotatable bonds is 4. The highest BCUT2D eigenvalue weighted by Crippen LogP contribution is 2.13. The van der Waals surface area contributed by atoms with Crippen molar-refractivity contribution in [2.75, 3.05) is 13.2 Å². The van der Waals surface area contributed by atoms with Crippen LogP contribution in [0.3, 0.4) is 0 Å². The summed E-state index contributed by atoms with van der Waals surface area (Å²) in [5, 5.41) is 2.93. The summed E-state index contributed by atoms with van der Waals surface area (Å²) < 4.78 is 5.18. The number of nitrogens with two attached hydrogens (primary N) is 1. The maximum Gasteiger partial charge on any atom is 0.240 e. The lowest BCUT2D eigenvalue weighted by Crippen LogP contribution is -2.55. The molecule has 3 N–H and O–H groups in total. The van der Waals surface area contributed by atoms with Crippen molar-refractivity contribution in [2.24, 2.45) is 5.73 Å². The molecular formula is C10H20N2O2. The van der Waals surface area contributed by atoms with Crippen LogP contribution < -0.4 is 11.1 Å². The van der Waals surface area contributed by atoms with Crippen molar-refractivity contribution in [3.63, 3.8) is 0 Å². The summed E-state index contributed by atoms with van der Waals surface area (Å²) in [5.41, 5.74) is 5.26. The molecule has 1 heterocycles. The fourth-order valence-electron chi connectivity index (χ4n) is 1.55. The molecular weight excluding hydrogens is 180 g/mol. The minimum absolute atomic E-state index is 0.0435. The number of ether oxygens (including phenoxy) is 1. The van der Waals surface area contributed by atoms with Gasteiger partial charge in [-0.25, -0.2) is 0 Å². The molecule has 1 unspecified atom stereocenters. The first-order chi connectivity index (χ1) is 6.62. The van der Waals surface area contributed by atoms with E-state index in [1.165, 1.54) is 0 Å². The lowest BCUT2D eigenvalue weighted by molar-refractivity contribution is -0.127. The number of carbonyl (C=O) groups is 1. The second-order valence-electron chi connectivity index (χ2n) is 3.90. The van der Waals surface area contributed by atoms with E-state index in [1.54, 1.807) is 0 Å². The highest BCUT2D eigenvalue weighted by molar-refractivity contribution is 5.86. The van der Waals surface area contributed by atoms with Crippen LogP contribution in [0.15, 0.2) is 0 Å². The third kappa shape index (κ3) is 2.45. The van der Waals surface area contributed by atoms with E-state index in [4.69, 9.17) is 10.5 Å². The van der Waals surface area contributed by atoms with Crippen LogP contribution in [-0.4, -0.2) is 30.7 Å². The SMILES string of the molecule is CCC(N)(CC)C(=O)NC1CCOC1. The van der Waals surface area contributed by atoms with Crippen molar-refractivity contribution in [2.45, 2.75) is 44.7 Å². The third-order valence-corrected chi connectivity index (χ3v) is 2.98. The van der Waals surface area contributed by atoms with E-state index in [9.17, 15) is 4.79 Å². The van der Waals surface area contributed by atoms with Gasteiger partial charge in [0.1, 0.15) is 0 Å². The van der Waals surface area contributed by atoms with Crippen molar-refractivity contribution < 1.29 is 9.53 Å². The molecule has 0 aliphatic carbocycles. The summed E-state index contributed by atoms with van der Waals surface area (Å²) in [7, 11) is 0. The average Bonchev–Trinajstić information content (AvgIpc) is 2.69.